The second kappa shape index (κ2) is 8.23. The van der Waals surface area contributed by atoms with Crippen LogP contribution < -0.4 is 10.2 Å². The standard InChI is InChI=1S/C12H18ClF2N5O/c13-10-17-11(16-4-7-21-8-9(14)15)19-12(18-10)20-5-2-1-3-6-20/h9H,1-8H2,(H,16,17,18,19). The molecule has 0 aromatic carbocycles. The molecule has 2 rings (SSSR count). The van der Waals surface area contributed by atoms with Crippen LogP contribution >= 0.6 is 11.6 Å². The van der Waals surface area contributed by atoms with E-state index in [9.17, 15) is 8.78 Å². The van der Waals surface area contributed by atoms with E-state index in [1.165, 1.54) is 6.42 Å². The molecule has 1 aliphatic heterocycles. The van der Waals surface area contributed by atoms with E-state index < -0.39 is 13.0 Å². The molecule has 2 heterocycles. The number of rotatable bonds is 7. The normalized spacial score (nSPS) is 15.5. The lowest BCUT2D eigenvalue weighted by molar-refractivity contribution is 0.0214. The topological polar surface area (TPSA) is 63.2 Å². The Morgan fingerprint density at radius 2 is 1.95 bits per heavy atom. The number of nitrogens with one attached hydrogen (secondary N) is 1. The Balaban J connectivity index is 1.86. The highest BCUT2D eigenvalue weighted by Gasteiger charge is 2.15. The predicted octanol–water partition coefficient (Wildman–Crippen LogP) is 2.21. The van der Waals surface area contributed by atoms with Gasteiger partial charge in [-0.3, -0.25) is 0 Å². The van der Waals surface area contributed by atoms with Crippen molar-refractivity contribution in [3.8, 4) is 0 Å². The molecule has 6 nitrogen and oxygen atoms in total. The van der Waals surface area contributed by atoms with Crippen LogP contribution in [0, 0.1) is 0 Å². The first-order valence-corrected chi connectivity index (χ1v) is 7.29. The second-order valence-electron chi connectivity index (χ2n) is 4.67. The first kappa shape index (κ1) is 16.1. The summed E-state index contributed by atoms with van der Waals surface area (Å²) in [5.41, 5.74) is 0. The number of piperidine rings is 1. The van der Waals surface area contributed by atoms with Crippen molar-refractivity contribution in [2.24, 2.45) is 0 Å². The third-order valence-corrected chi connectivity index (χ3v) is 3.18. The molecule has 1 aromatic heterocycles. The van der Waals surface area contributed by atoms with Crippen molar-refractivity contribution in [1.82, 2.24) is 15.0 Å². The second-order valence-corrected chi connectivity index (χ2v) is 5.01. The number of halogens is 3. The van der Waals surface area contributed by atoms with E-state index in [2.05, 4.69) is 25.2 Å². The van der Waals surface area contributed by atoms with Crippen LogP contribution in [-0.4, -0.2) is 54.2 Å². The molecular weight excluding hydrogens is 304 g/mol. The highest BCUT2D eigenvalue weighted by Crippen LogP contribution is 2.18. The van der Waals surface area contributed by atoms with E-state index >= 15 is 0 Å². The van der Waals surface area contributed by atoms with Gasteiger partial charge in [0.15, 0.2) is 0 Å². The summed E-state index contributed by atoms with van der Waals surface area (Å²) in [6.07, 6.45) is 0.963. The molecule has 1 aliphatic rings. The summed E-state index contributed by atoms with van der Waals surface area (Å²) in [7, 11) is 0. The van der Waals surface area contributed by atoms with Gasteiger partial charge in [-0.15, -0.1) is 0 Å². The van der Waals surface area contributed by atoms with Gasteiger partial charge in [-0.2, -0.15) is 15.0 Å². The molecule has 0 radical (unpaired) electrons. The fraction of sp³-hybridized carbons (Fsp3) is 0.750. The molecule has 21 heavy (non-hydrogen) atoms. The van der Waals surface area contributed by atoms with Crippen molar-refractivity contribution in [3.63, 3.8) is 0 Å². The summed E-state index contributed by atoms with van der Waals surface area (Å²) in [4.78, 5) is 14.4. The molecule has 1 N–H and O–H groups in total. The molecule has 9 heteroatoms. The number of alkyl halides is 2. The maximum absolute atomic E-state index is 11.9. The van der Waals surface area contributed by atoms with Crippen LogP contribution in [-0.2, 0) is 4.74 Å². The van der Waals surface area contributed by atoms with Crippen molar-refractivity contribution in [1.29, 1.82) is 0 Å². The number of aromatic nitrogens is 3. The van der Waals surface area contributed by atoms with Crippen molar-refractivity contribution >= 4 is 23.5 Å². The average molecular weight is 322 g/mol. The molecule has 0 unspecified atom stereocenters. The van der Waals surface area contributed by atoms with E-state index in [4.69, 9.17) is 16.3 Å². The number of hydrogen-bond acceptors (Lipinski definition) is 6. The molecule has 1 aromatic rings. The Labute approximate surface area is 126 Å². The number of anilines is 2. The number of ether oxygens (including phenoxy) is 1. The van der Waals surface area contributed by atoms with E-state index in [1.807, 2.05) is 0 Å². The highest BCUT2D eigenvalue weighted by molar-refractivity contribution is 6.28. The van der Waals surface area contributed by atoms with Crippen LogP contribution in [0.25, 0.3) is 0 Å². The van der Waals surface area contributed by atoms with Gasteiger partial charge in [-0.05, 0) is 30.9 Å². The minimum Gasteiger partial charge on any atom is -0.374 e. The van der Waals surface area contributed by atoms with Crippen molar-refractivity contribution in [2.45, 2.75) is 25.7 Å². The summed E-state index contributed by atoms with van der Waals surface area (Å²) in [6, 6.07) is 0. The van der Waals surface area contributed by atoms with Crippen LogP contribution in [0.5, 0.6) is 0 Å². The molecule has 1 fully saturated rings. The molecule has 0 saturated carbocycles. The van der Waals surface area contributed by atoms with Gasteiger partial charge in [0, 0.05) is 19.6 Å². The third-order valence-electron chi connectivity index (χ3n) is 3.01. The van der Waals surface area contributed by atoms with Crippen LogP contribution in [0.2, 0.25) is 5.28 Å². The minimum atomic E-state index is -2.46. The minimum absolute atomic E-state index is 0.113. The average Bonchev–Trinajstić information content (AvgIpc) is 2.47. The van der Waals surface area contributed by atoms with Gasteiger partial charge in [0.05, 0.1) is 6.61 Å². The van der Waals surface area contributed by atoms with Crippen molar-refractivity contribution in [2.75, 3.05) is 43.1 Å². The molecular formula is C12H18ClF2N5O. The fourth-order valence-corrected chi connectivity index (χ4v) is 2.22. The smallest absolute Gasteiger partial charge is 0.261 e. The summed E-state index contributed by atoms with van der Waals surface area (Å²) in [5, 5.41) is 3.01. The van der Waals surface area contributed by atoms with Gasteiger partial charge in [0.25, 0.3) is 6.43 Å². The third kappa shape index (κ3) is 5.55. The van der Waals surface area contributed by atoms with Gasteiger partial charge in [0.1, 0.15) is 6.61 Å². The summed E-state index contributed by atoms with van der Waals surface area (Å²) < 4.78 is 28.6. The Bertz CT molecular complexity index is 446. The molecule has 0 spiro atoms. The Hall–Kier alpha value is -1.28. The summed E-state index contributed by atoms with van der Waals surface area (Å²) in [6.45, 7) is 1.70. The molecule has 0 amide bonds. The molecule has 0 aliphatic carbocycles. The van der Waals surface area contributed by atoms with Crippen LogP contribution in [0.4, 0.5) is 20.7 Å². The van der Waals surface area contributed by atoms with Crippen LogP contribution in [0.15, 0.2) is 0 Å². The quantitative estimate of drug-likeness (QED) is 0.777. The molecule has 0 bridgehead atoms. The lowest BCUT2D eigenvalue weighted by atomic mass is 10.1. The maximum Gasteiger partial charge on any atom is 0.261 e. The first-order valence-electron chi connectivity index (χ1n) is 6.91. The van der Waals surface area contributed by atoms with E-state index in [0.29, 0.717) is 18.4 Å². The Morgan fingerprint density at radius 1 is 1.19 bits per heavy atom. The largest absolute Gasteiger partial charge is 0.374 e. The summed E-state index contributed by atoms with van der Waals surface area (Å²) in [5.74, 6) is 0.877. The van der Waals surface area contributed by atoms with Crippen molar-refractivity contribution in [3.05, 3.63) is 5.28 Å². The van der Waals surface area contributed by atoms with Gasteiger partial charge >= 0.3 is 0 Å². The van der Waals surface area contributed by atoms with E-state index in [0.717, 1.165) is 25.9 Å². The zero-order valence-corrected chi connectivity index (χ0v) is 12.3. The SMILES string of the molecule is FC(F)COCCNc1nc(Cl)nc(N2CCCCC2)n1. The van der Waals surface area contributed by atoms with E-state index in [-0.39, 0.29) is 11.9 Å². The monoisotopic (exact) mass is 321 g/mol. The zero-order chi connectivity index (χ0) is 15.1. The van der Waals surface area contributed by atoms with Gasteiger partial charge < -0.3 is 15.0 Å². The molecule has 0 atom stereocenters. The molecule has 118 valence electrons. The van der Waals surface area contributed by atoms with E-state index in [1.54, 1.807) is 0 Å². The number of hydrogen-bond donors (Lipinski definition) is 1. The molecule has 1 saturated heterocycles. The van der Waals surface area contributed by atoms with Crippen LogP contribution in [0.3, 0.4) is 0 Å². The summed E-state index contributed by atoms with van der Waals surface area (Å²) >= 11 is 5.89. The Morgan fingerprint density at radius 3 is 2.67 bits per heavy atom. The van der Waals surface area contributed by atoms with Gasteiger partial charge in [-0.25, -0.2) is 8.78 Å². The van der Waals surface area contributed by atoms with Crippen molar-refractivity contribution < 1.29 is 13.5 Å². The lowest BCUT2D eigenvalue weighted by Gasteiger charge is -2.26. The van der Waals surface area contributed by atoms with Gasteiger partial charge in [-0.1, -0.05) is 0 Å². The highest BCUT2D eigenvalue weighted by atomic mass is 35.5. The first-order chi connectivity index (χ1) is 10.1. The lowest BCUT2D eigenvalue weighted by Crippen LogP contribution is -2.31. The zero-order valence-electron chi connectivity index (χ0n) is 11.6. The number of nitrogens with zero attached hydrogens (tertiary/aromatic N) is 4. The van der Waals surface area contributed by atoms with Gasteiger partial charge in [0.2, 0.25) is 17.2 Å². The predicted molar refractivity (Wildman–Crippen MR) is 76.2 cm³/mol. The van der Waals surface area contributed by atoms with Crippen LogP contribution in [0.1, 0.15) is 19.3 Å². The Kier molecular flexibility index (Phi) is 6.31. The maximum atomic E-state index is 11.9. The fourth-order valence-electron chi connectivity index (χ4n) is 2.06.